The minimum absolute atomic E-state index is 0.208. The fraction of sp³-hybridized carbons (Fsp3) is 0.672. The van der Waals surface area contributed by atoms with Gasteiger partial charge in [0.1, 0.15) is 54.7 Å². The Kier molecular flexibility index (Phi) is 23.6. The van der Waals surface area contributed by atoms with Crippen molar-refractivity contribution in [2.24, 2.45) is 22.2 Å². The van der Waals surface area contributed by atoms with E-state index in [1.807, 2.05) is 41.5 Å². The fourth-order valence-corrected chi connectivity index (χ4v) is 12.6. The first-order chi connectivity index (χ1) is 40.4. The molecule has 0 saturated carbocycles. The first kappa shape index (κ1) is 67.1. The Balaban J connectivity index is 1.43. The molecule has 6 rings (SSSR count). The SMILES string of the molecule is CNCCN(C)C(=O)C1=C(N2CCCC2)CC(C)(C)C/C1=C(/C#N)C(=O)OCC(COC(=O)/C(C#N)=C1\CC(C)(C)CC(N2CCCC2)=C1C(=O)N(C)CCNC)COC(=O)/C(C#N)=C1\CC(C)(C)CC(N2CCCC2)=C1C(=O)N(C)CCNC. The minimum Gasteiger partial charge on any atom is -0.461 e. The largest absolute Gasteiger partial charge is 0.461 e. The predicted molar refractivity (Wildman–Crippen MR) is 322 cm³/mol. The Morgan fingerprint density at radius 3 is 0.894 bits per heavy atom. The van der Waals surface area contributed by atoms with Gasteiger partial charge >= 0.3 is 17.9 Å². The summed E-state index contributed by atoms with van der Waals surface area (Å²) in [6.07, 6.45) is 7.79. The van der Waals surface area contributed by atoms with Gasteiger partial charge in [0, 0.05) is 117 Å². The molecule has 3 heterocycles. The number of hydrogen-bond donors (Lipinski definition) is 3. The molecule has 464 valence electrons. The highest BCUT2D eigenvalue weighted by molar-refractivity contribution is 6.06. The van der Waals surface area contributed by atoms with Gasteiger partial charge in [-0.3, -0.25) is 14.4 Å². The van der Waals surface area contributed by atoms with Crippen molar-refractivity contribution < 1.29 is 43.0 Å². The van der Waals surface area contributed by atoms with Crippen LogP contribution in [0.4, 0.5) is 0 Å². The molecule has 21 heteroatoms. The molecule has 3 aliphatic heterocycles. The third-order valence-electron chi connectivity index (χ3n) is 17.1. The summed E-state index contributed by atoms with van der Waals surface area (Å²) in [6, 6.07) is 6.25. The Morgan fingerprint density at radius 1 is 0.447 bits per heavy atom. The zero-order chi connectivity index (χ0) is 62.4. The van der Waals surface area contributed by atoms with Crippen LogP contribution in [0.15, 0.2) is 67.2 Å². The molecule has 3 aliphatic carbocycles. The number of likely N-dealkylation sites (tertiary alicyclic amines) is 3. The minimum atomic E-state index is -1.16. The maximum atomic E-state index is 14.7. The average Bonchev–Trinajstić information content (AvgIpc) is 1.99. The van der Waals surface area contributed by atoms with E-state index < -0.39 is 59.9 Å². The summed E-state index contributed by atoms with van der Waals surface area (Å²) >= 11 is 0. The highest BCUT2D eigenvalue weighted by atomic mass is 16.6. The van der Waals surface area contributed by atoms with Crippen molar-refractivity contribution >= 4 is 35.6 Å². The molecule has 0 bridgehead atoms. The Morgan fingerprint density at radius 2 is 0.682 bits per heavy atom. The molecule has 6 aliphatic rings. The summed E-state index contributed by atoms with van der Waals surface area (Å²) < 4.78 is 18.0. The zero-order valence-corrected chi connectivity index (χ0v) is 52.9. The van der Waals surface area contributed by atoms with E-state index in [4.69, 9.17) is 14.2 Å². The van der Waals surface area contributed by atoms with Crippen molar-refractivity contribution in [3.63, 3.8) is 0 Å². The Labute approximate surface area is 504 Å². The maximum absolute atomic E-state index is 14.7. The van der Waals surface area contributed by atoms with Crippen LogP contribution in [0.3, 0.4) is 0 Å². The van der Waals surface area contributed by atoms with Crippen LogP contribution in [0.2, 0.25) is 0 Å². The lowest BCUT2D eigenvalue weighted by Crippen LogP contribution is -2.39. The smallest absolute Gasteiger partial charge is 0.349 e. The van der Waals surface area contributed by atoms with Crippen molar-refractivity contribution in [1.29, 1.82) is 15.8 Å². The molecule has 3 fully saturated rings. The molecule has 85 heavy (non-hydrogen) atoms. The van der Waals surface area contributed by atoms with Crippen LogP contribution < -0.4 is 16.0 Å². The van der Waals surface area contributed by atoms with E-state index in [1.54, 1.807) is 57.0 Å². The van der Waals surface area contributed by atoms with Crippen LogP contribution in [0.5, 0.6) is 0 Å². The van der Waals surface area contributed by atoms with Gasteiger partial charge in [-0.15, -0.1) is 0 Å². The monoisotopic (exact) mass is 1170 g/mol. The van der Waals surface area contributed by atoms with Crippen LogP contribution in [0.1, 0.15) is 119 Å². The summed E-state index contributed by atoms with van der Waals surface area (Å²) in [5.41, 5.74) is 1.43. The number of hydrogen-bond acceptors (Lipinski definition) is 18. The highest BCUT2D eigenvalue weighted by Gasteiger charge is 2.44. The van der Waals surface area contributed by atoms with Crippen molar-refractivity contribution in [3.8, 4) is 18.2 Å². The molecule has 0 radical (unpaired) electrons. The molecule has 3 amide bonds. The van der Waals surface area contributed by atoms with Crippen LogP contribution in [-0.2, 0) is 43.0 Å². The number of esters is 3. The molecule has 21 nitrogen and oxygen atoms in total. The van der Waals surface area contributed by atoms with Crippen LogP contribution in [0.25, 0.3) is 0 Å². The van der Waals surface area contributed by atoms with Gasteiger partial charge in [0.25, 0.3) is 17.7 Å². The first-order valence-electron chi connectivity index (χ1n) is 30.4. The highest BCUT2D eigenvalue weighted by Crippen LogP contribution is 2.48. The standard InChI is InChI=1S/C64H94N12O9/c1-62(2)31-44(53(56(77)71(10)28-19-68-7)50(34-62)74-22-13-14-23-74)47(37-65)59(80)83-40-43(41-84-60(81)48(38-66)45-32-63(3,4)35-51(75-24-15-16-25-75)54(45)57(78)72(11)29-20-69-8)42-85-61(82)49(39-67)46-33-64(5,6)36-52(76-26-17-18-27-76)55(46)58(79)73(12)30-21-70-9/h43,68-70H,13-36,40-42H2,1-12H3/b47-44+,48-45+,49-46+. The second kappa shape index (κ2) is 29.9. The summed E-state index contributed by atoms with van der Waals surface area (Å²) in [7, 11) is 10.4. The number of carbonyl (C=O) groups excluding carboxylic acids is 6. The zero-order valence-electron chi connectivity index (χ0n) is 52.9. The van der Waals surface area contributed by atoms with E-state index in [1.165, 1.54) is 0 Å². The predicted octanol–water partition coefficient (Wildman–Crippen LogP) is 5.24. The van der Waals surface area contributed by atoms with Gasteiger partial charge < -0.3 is 59.6 Å². The molecule has 0 aromatic carbocycles. The van der Waals surface area contributed by atoms with Crippen molar-refractivity contribution in [3.05, 3.63) is 67.2 Å². The number of nitriles is 3. The lowest BCUT2D eigenvalue weighted by atomic mass is 9.72. The number of nitrogens with one attached hydrogen (secondary N) is 3. The number of nitrogens with zero attached hydrogens (tertiary/aromatic N) is 9. The molecule has 3 saturated heterocycles. The molecule has 0 unspecified atom stereocenters. The molecular weight excluding hydrogens is 1080 g/mol. The quantitative estimate of drug-likeness (QED) is 0.0484. The Hall–Kier alpha value is -6.99. The van der Waals surface area contributed by atoms with E-state index in [9.17, 15) is 44.6 Å². The van der Waals surface area contributed by atoms with Crippen LogP contribution in [-0.4, -0.2) is 206 Å². The maximum Gasteiger partial charge on any atom is 0.349 e. The number of ether oxygens (including phenoxy) is 3. The lowest BCUT2D eigenvalue weighted by molar-refractivity contribution is -0.148. The second-order valence-electron chi connectivity index (χ2n) is 26.1. The van der Waals surface area contributed by atoms with Gasteiger partial charge in [0.2, 0.25) is 0 Å². The second-order valence-corrected chi connectivity index (χ2v) is 26.1. The molecule has 0 atom stereocenters. The molecule has 0 spiro atoms. The van der Waals surface area contributed by atoms with E-state index in [0.29, 0.717) is 115 Å². The molecule has 0 aromatic heterocycles. The first-order valence-corrected chi connectivity index (χ1v) is 30.4. The summed E-state index contributed by atoms with van der Waals surface area (Å²) in [5.74, 6) is -5.31. The summed E-state index contributed by atoms with van der Waals surface area (Å²) in [6.45, 7) is 17.3. The van der Waals surface area contributed by atoms with Gasteiger partial charge in [0.05, 0.1) is 22.6 Å². The number of likely N-dealkylation sites (N-methyl/N-ethyl adjacent to an activating group) is 6. The van der Waals surface area contributed by atoms with Crippen LogP contribution >= 0.6 is 0 Å². The summed E-state index contributed by atoms with van der Waals surface area (Å²) in [4.78, 5) is 99.1. The Bertz CT molecular complexity index is 2570. The van der Waals surface area contributed by atoms with Gasteiger partial charge in [0.15, 0.2) is 0 Å². The third kappa shape index (κ3) is 16.7. The topological polar surface area (TPSA) is 257 Å². The molecule has 0 aromatic rings. The fourth-order valence-electron chi connectivity index (χ4n) is 12.6. The van der Waals surface area contributed by atoms with Gasteiger partial charge in [-0.1, -0.05) is 41.5 Å². The van der Waals surface area contributed by atoms with Crippen LogP contribution in [0, 0.1) is 56.2 Å². The van der Waals surface area contributed by atoms with Gasteiger partial charge in [-0.25, -0.2) is 14.4 Å². The lowest BCUT2D eigenvalue weighted by Gasteiger charge is -2.39. The van der Waals surface area contributed by atoms with Crippen molar-refractivity contribution in [2.45, 2.75) is 119 Å². The molecular formula is C64H94N12O9. The number of carbonyl (C=O) groups is 6. The van der Waals surface area contributed by atoms with E-state index in [0.717, 1.165) is 55.6 Å². The van der Waals surface area contributed by atoms with Crippen molar-refractivity contribution in [1.82, 2.24) is 45.3 Å². The van der Waals surface area contributed by atoms with Crippen molar-refractivity contribution in [2.75, 3.05) is 141 Å². The summed E-state index contributed by atoms with van der Waals surface area (Å²) in [5, 5.41) is 42.1. The average molecular weight is 1180 g/mol. The molecule has 3 N–H and O–H groups in total. The number of amides is 3. The normalized spacial score (nSPS) is 21.0. The van der Waals surface area contributed by atoms with E-state index >= 15 is 0 Å². The van der Waals surface area contributed by atoms with Gasteiger partial charge in [-0.2, -0.15) is 15.8 Å². The van der Waals surface area contributed by atoms with E-state index in [2.05, 4.69) is 48.9 Å². The van der Waals surface area contributed by atoms with Gasteiger partial charge in [-0.05, 0) is 131 Å². The third-order valence-corrected chi connectivity index (χ3v) is 17.1. The van der Waals surface area contributed by atoms with E-state index in [-0.39, 0.29) is 70.4 Å². The number of rotatable bonds is 24. The number of allylic oxidation sites excluding steroid dienone is 3.